The molecule has 3 aromatic carbocycles. The molecule has 0 aliphatic rings. The molecule has 0 bridgehead atoms. The number of para-hydroxylation sites is 1. The number of nitrogens with zero attached hydrogens (tertiary/aromatic N) is 2. The maximum absolute atomic E-state index is 13.1. The van der Waals surface area contributed by atoms with E-state index in [1.807, 2.05) is 60.7 Å². The Labute approximate surface area is 198 Å². The van der Waals surface area contributed by atoms with Crippen molar-refractivity contribution in [3.8, 4) is 0 Å². The zero-order valence-electron chi connectivity index (χ0n) is 18.2. The van der Waals surface area contributed by atoms with Crippen LogP contribution in [-0.2, 0) is 11.3 Å². The zero-order valence-corrected chi connectivity index (χ0v) is 19.1. The molecule has 2 heterocycles. The molecule has 8 heteroatoms. The third-order valence-electron chi connectivity index (χ3n) is 5.50. The molecule has 34 heavy (non-hydrogen) atoms. The molecule has 0 atom stereocenters. The summed E-state index contributed by atoms with van der Waals surface area (Å²) >= 11 is 1.16. The fraction of sp³-hybridized carbons (Fsp3) is 0.0769. The molecule has 0 spiro atoms. The van der Waals surface area contributed by atoms with Gasteiger partial charge in [-0.05, 0) is 47.5 Å². The molecule has 7 nitrogen and oxygen atoms in total. The molecule has 0 unspecified atom stereocenters. The van der Waals surface area contributed by atoms with Crippen LogP contribution in [0.4, 0.5) is 11.4 Å². The van der Waals surface area contributed by atoms with Crippen molar-refractivity contribution in [1.82, 2.24) is 9.55 Å². The van der Waals surface area contributed by atoms with Crippen LogP contribution in [0, 0.1) is 6.92 Å². The lowest BCUT2D eigenvalue weighted by Gasteiger charge is -2.08. The highest BCUT2D eigenvalue weighted by molar-refractivity contribution is 7.20. The largest absolute Gasteiger partial charge is 0.325 e. The molecule has 2 N–H and O–H groups in total. The van der Waals surface area contributed by atoms with Crippen molar-refractivity contribution >= 4 is 55.5 Å². The molecular formula is C26H20N4O3S. The minimum absolute atomic E-state index is 0.185. The predicted molar refractivity (Wildman–Crippen MR) is 136 cm³/mol. The van der Waals surface area contributed by atoms with E-state index in [4.69, 9.17) is 0 Å². The highest BCUT2D eigenvalue weighted by Gasteiger charge is 2.20. The summed E-state index contributed by atoms with van der Waals surface area (Å²) in [5.74, 6) is -0.639. The Morgan fingerprint density at radius 1 is 0.912 bits per heavy atom. The molecule has 5 aromatic rings. The van der Waals surface area contributed by atoms with Gasteiger partial charge in [-0.2, -0.15) is 0 Å². The van der Waals surface area contributed by atoms with Gasteiger partial charge in [-0.25, -0.2) is 4.98 Å². The first-order valence-corrected chi connectivity index (χ1v) is 11.4. The van der Waals surface area contributed by atoms with Gasteiger partial charge in [0.15, 0.2) is 0 Å². The minimum Gasteiger partial charge on any atom is -0.325 e. The third-order valence-corrected chi connectivity index (χ3v) is 6.70. The molecule has 0 radical (unpaired) electrons. The Balaban J connectivity index is 1.38. The van der Waals surface area contributed by atoms with E-state index in [0.717, 1.165) is 22.1 Å². The lowest BCUT2D eigenvalue weighted by Crippen LogP contribution is -2.28. The molecule has 2 aromatic heterocycles. The monoisotopic (exact) mass is 468 g/mol. The van der Waals surface area contributed by atoms with Gasteiger partial charge in [0, 0.05) is 11.4 Å². The normalized spacial score (nSPS) is 11.0. The zero-order chi connectivity index (χ0) is 23.7. The van der Waals surface area contributed by atoms with E-state index in [9.17, 15) is 14.4 Å². The summed E-state index contributed by atoms with van der Waals surface area (Å²) in [6.45, 7) is 1.54. The van der Waals surface area contributed by atoms with Gasteiger partial charge in [0.05, 0.1) is 16.6 Å². The second kappa shape index (κ2) is 8.92. The molecule has 2 amide bonds. The molecule has 5 rings (SSSR count). The molecule has 0 fully saturated rings. The van der Waals surface area contributed by atoms with E-state index in [0.29, 0.717) is 32.0 Å². The number of aryl methyl sites for hydroxylation is 1. The average molecular weight is 469 g/mol. The Hall–Kier alpha value is -4.30. The SMILES string of the molecule is Cc1c(C(=O)Nc2ccccc2)sc2ncn(CC(=O)Nc3ccc4ccccc4c3)c(=O)c12. The number of hydrogen-bond acceptors (Lipinski definition) is 5. The fourth-order valence-electron chi connectivity index (χ4n) is 3.82. The maximum Gasteiger partial charge on any atom is 0.266 e. The van der Waals surface area contributed by atoms with Crippen molar-refractivity contribution in [2.24, 2.45) is 0 Å². The van der Waals surface area contributed by atoms with E-state index in [-0.39, 0.29) is 23.9 Å². The number of rotatable bonds is 5. The molecule has 0 aliphatic carbocycles. The minimum atomic E-state index is -0.355. The topological polar surface area (TPSA) is 93.1 Å². The van der Waals surface area contributed by atoms with E-state index < -0.39 is 0 Å². The summed E-state index contributed by atoms with van der Waals surface area (Å²) < 4.78 is 1.26. The van der Waals surface area contributed by atoms with Gasteiger partial charge in [-0.3, -0.25) is 19.0 Å². The lowest BCUT2D eigenvalue weighted by molar-refractivity contribution is -0.116. The Morgan fingerprint density at radius 3 is 2.44 bits per heavy atom. The summed E-state index contributed by atoms with van der Waals surface area (Å²) in [7, 11) is 0. The van der Waals surface area contributed by atoms with E-state index in [1.165, 1.54) is 10.9 Å². The summed E-state index contributed by atoms with van der Waals surface area (Å²) in [5, 5.41) is 8.11. The number of anilines is 2. The number of benzene rings is 3. The van der Waals surface area contributed by atoms with Crippen molar-refractivity contribution in [3.05, 3.63) is 99.9 Å². The van der Waals surface area contributed by atoms with Gasteiger partial charge in [-0.15, -0.1) is 11.3 Å². The number of amides is 2. The number of aromatic nitrogens is 2. The van der Waals surface area contributed by atoms with Crippen LogP contribution in [0.2, 0.25) is 0 Å². The van der Waals surface area contributed by atoms with E-state index >= 15 is 0 Å². The van der Waals surface area contributed by atoms with Crippen LogP contribution in [0.5, 0.6) is 0 Å². The maximum atomic E-state index is 13.1. The first kappa shape index (κ1) is 21.5. The fourth-order valence-corrected chi connectivity index (χ4v) is 4.85. The van der Waals surface area contributed by atoms with Crippen LogP contribution in [0.3, 0.4) is 0 Å². The Morgan fingerprint density at radius 2 is 1.65 bits per heavy atom. The van der Waals surface area contributed by atoms with Gasteiger partial charge in [0.2, 0.25) is 5.91 Å². The second-order valence-corrected chi connectivity index (χ2v) is 8.84. The quantitative estimate of drug-likeness (QED) is 0.387. The summed E-state index contributed by atoms with van der Waals surface area (Å²) in [5.41, 5.74) is 1.51. The van der Waals surface area contributed by atoms with E-state index in [1.54, 1.807) is 19.1 Å². The Bertz CT molecular complexity index is 1610. The van der Waals surface area contributed by atoms with Crippen molar-refractivity contribution in [3.63, 3.8) is 0 Å². The first-order chi connectivity index (χ1) is 16.5. The molecular weight excluding hydrogens is 448 g/mol. The van der Waals surface area contributed by atoms with Gasteiger partial charge in [-0.1, -0.05) is 48.5 Å². The van der Waals surface area contributed by atoms with Crippen LogP contribution >= 0.6 is 11.3 Å². The van der Waals surface area contributed by atoms with Crippen LogP contribution in [0.15, 0.2) is 83.9 Å². The van der Waals surface area contributed by atoms with Gasteiger partial charge < -0.3 is 10.6 Å². The van der Waals surface area contributed by atoms with Crippen LogP contribution in [0.25, 0.3) is 21.0 Å². The summed E-state index contributed by atoms with van der Waals surface area (Å²) in [4.78, 5) is 43.8. The number of nitrogens with one attached hydrogen (secondary N) is 2. The molecule has 168 valence electrons. The highest BCUT2D eigenvalue weighted by atomic mass is 32.1. The Kier molecular flexibility index (Phi) is 5.65. The second-order valence-electron chi connectivity index (χ2n) is 7.84. The number of fused-ring (bicyclic) bond motifs is 2. The summed E-state index contributed by atoms with van der Waals surface area (Å²) in [6.07, 6.45) is 1.35. The highest BCUT2D eigenvalue weighted by Crippen LogP contribution is 2.27. The smallest absolute Gasteiger partial charge is 0.266 e. The van der Waals surface area contributed by atoms with Crippen LogP contribution in [0.1, 0.15) is 15.2 Å². The summed E-state index contributed by atoms with van der Waals surface area (Å²) in [6, 6.07) is 22.6. The van der Waals surface area contributed by atoms with Gasteiger partial charge in [0.1, 0.15) is 11.4 Å². The van der Waals surface area contributed by atoms with Crippen LogP contribution < -0.4 is 16.2 Å². The molecule has 0 aliphatic heterocycles. The van der Waals surface area contributed by atoms with E-state index in [2.05, 4.69) is 15.6 Å². The van der Waals surface area contributed by atoms with Crippen molar-refractivity contribution in [2.75, 3.05) is 10.6 Å². The number of hydrogen-bond donors (Lipinski definition) is 2. The number of thiophene rings is 1. The third kappa shape index (κ3) is 4.18. The predicted octanol–water partition coefficient (Wildman–Crippen LogP) is 4.81. The first-order valence-electron chi connectivity index (χ1n) is 10.6. The van der Waals surface area contributed by atoms with Crippen molar-refractivity contribution < 1.29 is 9.59 Å². The van der Waals surface area contributed by atoms with Crippen LogP contribution in [-0.4, -0.2) is 21.4 Å². The number of carbonyl (C=O) groups is 2. The number of carbonyl (C=O) groups excluding carboxylic acids is 2. The van der Waals surface area contributed by atoms with Gasteiger partial charge >= 0.3 is 0 Å². The van der Waals surface area contributed by atoms with Crippen molar-refractivity contribution in [1.29, 1.82) is 0 Å². The molecule has 0 saturated heterocycles. The average Bonchev–Trinajstić information content (AvgIpc) is 3.18. The standard InChI is InChI=1S/C26H20N4O3S/c1-16-22-25(34-23(16)24(32)29-19-9-3-2-4-10-19)27-15-30(26(22)33)14-21(31)28-20-12-11-17-7-5-6-8-18(17)13-20/h2-13,15H,14H2,1H3,(H,28,31)(H,29,32). The van der Waals surface area contributed by atoms with Crippen molar-refractivity contribution in [2.45, 2.75) is 13.5 Å². The molecule has 0 saturated carbocycles. The van der Waals surface area contributed by atoms with Gasteiger partial charge in [0.25, 0.3) is 11.5 Å². The lowest BCUT2D eigenvalue weighted by atomic mass is 10.1.